The Balaban J connectivity index is 1.86. The summed E-state index contributed by atoms with van der Waals surface area (Å²) in [4.78, 5) is 14.2. The first-order chi connectivity index (χ1) is 10.5. The van der Waals surface area contributed by atoms with Gasteiger partial charge in [0.05, 0.1) is 0 Å². The maximum absolute atomic E-state index is 12.4. The number of hydrogen-bond acceptors (Lipinski definition) is 6. The Morgan fingerprint density at radius 3 is 2.95 bits per heavy atom. The standard InChI is InChI=1S/C13H14N4O3S2/c1-9(18)17-6-4-11-10(8-17)7-13(21-11)22(19,20)16-12-3-2-5-14-15-12/h2-3,5,7H,4,6,8H2,1H3,(H,15,16). The molecule has 9 heteroatoms. The molecule has 1 aliphatic rings. The minimum atomic E-state index is -3.68. The predicted octanol–water partition coefficient (Wildman–Crippen LogP) is 1.24. The number of fused-ring (bicyclic) bond motifs is 1. The van der Waals surface area contributed by atoms with Crippen molar-refractivity contribution in [3.8, 4) is 0 Å². The molecule has 0 bridgehead atoms. The van der Waals surface area contributed by atoms with Gasteiger partial charge < -0.3 is 4.90 Å². The smallest absolute Gasteiger partial charge is 0.272 e. The zero-order chi connectivity index (χ0) is 15.7. The van der Waals surface area contributed by atoms with E-state index >= 15 is 0 Å². The molecule has 3 rings (SSSR count). The van der Waals surface area contributed by atoms with Gasteiger partial charge in [-0.2, -0.15) is 5.10 Å². The Hall–Kier alpha value is -2.00. The summed E-state index contributed by atoms with van der Waals surface area (Å²) in [6.07, 6.45) is 2.15. The van der Waals surface area contributed by atoms with E-state index in [2.05, 4.69) is 14.9 Å². The SMILES string of the molecule is CC(=O)N1CCc2sc(S(=O)(=O)Nc3cccnn3)cc2C1. The fourth-order valence-corrected chi connectivity index (χ4v) is 4.79. The summed E-state index contributed by atoms with van der Waals surface area (Å²) in [5, 5.41) is 7.36. The van der Waals surface area contributed by atoms with Crippen LogP contribution in [-0.4, -0.2) is 36.0 Å². The Morgan fingerprint density at radius 2 is 2.27 bits per heavy atom. The van der Waals surface area contributed by atoms with E-state index in [9.17, 15) is 13.2 Å². The van der Waals surface area contributed by atoms with E-state index in [1.54, 1.807) is 17.0 Å². The molecule has 0 spiro atoms. The number of nitrogens with zero attached hydrogens (tertiary/aromatic N) is 3. The van der Waals surface area contributed by atoms with Gasteiger partial charge in [0.2, 0.25) is 5.91 Å². The van der Waals surface area contributed by atoms with Crippen LogP contribution in [0.5, 0.6) is 0 Å². The van der Waals surface area contributed by atoms with Gasteiger partial charge >= 0.3 is 0 Å². The third-order valence-corrected chi connectivity index (χ3v) is 6.43. The van der Waals surface area contributed by atoms with Crippen LogP contribution in [-0.2, 0) is 27.8 Å². The normalized spacial score (nSPS) is 14.5. The van der Waals surface area contributed by atoms with E-state index in [0.29, 0.717) is 19.5 Å². The highest BCUT2D eigenvalue weighted by atomic mass is 32.2. The van der Waals surface area contributed by atoms with Crippen LogP contribution < -0.4 is 4.72 Å². The van der Waals surface area contributed by atoms with Crippen LogP contribution in [0, 0.1) is 0 Å². The molecule has 0 aliphatic carbocycles. The Morgan fingerprint density at radius 1 is 1.45 bits per heavy atom. The summed E-state index contributed by atoms with van der Waals surface area (Å²) < 4.78 is 27.4. The molecule has 2 aromatic rings. The van der Waals surface area contributed by atoms with Crippen molar-refractivity contribution in [2.24, 2.45) is 0 Å². The molecular formula is C13H14N4O3S2. The first kappa shape index (κ1) is 14.9. The van der Waals surface area contributed by atoms with Gasteiger partial charge in [0.15, 0.2) is 5.82 Å². The molecular weight excluding hydrogens is 324 g/mol. The van der Waals surface area contributed by atoms with Gasteiger partial charge in [-0.3, -0.25) is 9.52 Å². The molecule has 7 nitrogen and oxygen atoms in total. The number of sulfonamides is 1. The highest BCUT2D eigenvalue weighted by Gasteiger charge is 2.25. The lowest BCUT2D eigenvalue weighted by atomic mass is 10.1. The monoisotopic (exact) mass is 338 g/mol. The van der Waals surface area contributed by atoms with E-state index in [-0.39, 0.29) is 15.9 Å². The van der Waals surface area contributed by atoms with Gasteiger partial charge in [-0.15, -0.1) is 16.4 Å². The van der Waals surface area contributed by atoms with Crippen molar-refractivity contribution in [1.82, 2.24) is 15.1 Å². The Kier molecular flexibility index (Phi) is 3.83. The van der Waals surface area contributed by atoms with Gasteiger partial charge in [0.25, 0.3) is 10.0 Å². The molecule has 1 N–H and O–H groups in total. The van der Waals surface area contributed by atoms with Gasteiger partial charge in [0.1, 0.15) is 4.21 Å². The fraction of sp³-hybridized carbons (Fsp3) is 0.308. The zero-order valence-electron chi connectivity index (χ0n) is 11.8. The quantitative estimate of drug-likeness (QED) is 0.909. The number of anilines is 1. The fourth-order valence-electron chi connectivity index (χ4n) is 2.25. The molecule has 1 amide bonds. The molecule has 3 heterocycles. The number of thiophene rings is 1. The van der Waals surface area contributed by atoms with E-state index in [1.165, 1.54) is 30.5 Å². The molecule has 22 heavy (non-hydrogen) atoms. The Labute approximate surface area is 132 Å². The molecule has 0 saturated carbocycles. The van der Waals surface area contributed by atoms with Crippen LogP contribution >= 0.6 is 11.3 Å². The first-order valence-electron chi connectivity index (χ1n) is 6.63. The van der Waals surface area contributed by atoms with Crippen LogP contribution in [0.4, 0.5) is 5.82 Å². The lowest BCUT2D eigenvalue weighted by Crippen LogP contribution is -2.33. The second kappa shape index (κ2) is 5.65. The van der Waals surface area contributed by atoms with E-state index in [1.807, 2.05) is 0 Å². The molecule has 0 atom stereocenters. The van der Waals surface area contributed by atoms with Crippen molar-refractivity contribution >= 4 is 33.1 Å². The third-order valence-electron chi connectivity index (χ3n) is 3.37. The summed E-state index contributed by atoms with van der Waals surface area (Å²) in [5.74, 6) is 0.179. The lowest BCUT2D eigenvalue weighted by Gasteiger charge is -2.25. The average Bonchev–Trinajstić information content (AvgIpc) is 2.91. The topological polar surface area (TPSA) is 92.3 Å². The number of amides is 1. The number of carbonyl (C=O) groups excluding carboxylic acids is 1. The maximum atomic E-state index is 12.4. The van der Waals surface area contributed by atoms with E-state index < -0.39 is 10.0 Å². The number of rotatable bonds is 3. The molecule has 0 radical (unpaired) electrons. The molecule has 0 fully saturated rings. The van der Waals surface area contributed by atoms with Gasteiger partial charge in [0, 0.05) is 31.1 Å². The average molecular weight is 338 g/mol. The van der Waals surface area contributed by atoms with Gasteiger partial charge in [-0.05, 0) is 30.2 Å². The molecule has 116 valence electrons. The zero-order valence-corrected chi connectivity index (χ0v) is 13.4. The molecule has 0 saturated heterocycles. The van der Waals surface area contributed by atoms with E-state index in [0.717, 1.165) is 10.4 Å². The second-order valence-corrected chi connectivity index (χ2v) is 7.96. The van der Waals surface area contributed by atoms with Crippen LogP contribution in [0.25, 0.3) is 0 Å². The van der Waals surface area contributed by atoms with Gasteiger partial charge in [-0.25, -0.2) is 8.42 Å². The van der Waals surface area contributed by atoms with Crippen LogP contribution in [0.2, 0.25) is 0 Å². The van der Waals surface area contributed by atoms with Crippen molar-refractivity contribution in [2.75, 3.05) is 11.3 Å². The number of hydrogen-bond donors (Lipinski definition) is 1. The highest BCUT2D eigenvalue weighted by Crippen LogP contribution is 2.31. The summed E-state index contributed by atoms with van der Waals surface area (Å²) in [6.45, 7) is 2.60. The van der Waals surface area contributed by atoms with Crippen LogP contribution in [0.3, 0.4) is 0 Å². The number of aromatic nitrogens is 2. The number of nitrogens with one attached hydrogen (secondary N) is 1. The largest absolute Gasteiger partial charge is 0.338 e. The molecule has 0 unspecified atom stereocenters. The molecule has 1 aliphatic heterocycles. The Bertz CT molecular complexity index is 802. The predicted molar refractivity (Wildman–Crippen MR) is 82.0 cm³/mol. The van der Waals surface area contributed by atoms with Crippen LogP contribution in [0.1, 0.15) is 17.4 Å². The summed E-state index contributed by atoms with van der Waals surface area (Å²) in [5.41, 5.74) is 0.894. The van der Waals surface area contributed by atoms with E-state index in [4.69, 9.17) is 0 Å². The maximum Gasteiger partial charge on any atom is 0.272 e. The summed E-state index contributed by atoms with van der Waals surface area (Å²) in [7, 11) is -3.68. The van der Waals surface area contributed by atoms with Gasteiger partial charge in [-0.1, -0.05) is 0 Å². The van der Waals surface area contributed by atoms with Crippen molar-refractivity contribution in [1.29, 1.82) is 0 Å². The number of carbonyl (C=O) groups is 1. The van der Waals surface area contributed by atoms with Crippen molar-refractivity contribution in [2.45, 2.75) is 24.1 Å². The third kappa shape index (κ3) is 2.95. The molecule has 2 aromatic heterocycles. The minimum absolute atomic E-state index is 0.000980. The van der Waals surface area contributed by atoms with Crippen molar-refractivity contribution in [3.05, 3.63) is 34.8 Å². The highest BCUT2D eigenvalue weighted by molar-refractivity contribution is 7.94. The molecule has 0 aromatic carbocycles. The lowest BCUT2D eigenvalue weighted by molar-refractivity contribution is -0.129. The summed E-state index contributed by atoms with van der Waals surface area (Å²) >= 11 is 1.24. The summed E-state index contributed by atoms with van der Waals surface area (Å²) in [6, 6.07) is 4.78. The second-order valence-electron chi connectivity index (χ2n) is 4.92. The van der Waals surface area contributed by atoms with Crippen LogP contribution in [0.15, 0.2) is 28.6 Å². The van der Waals surface area contributed by atoms with Crippen molar-refractivity contribution < 1.29 is 13.2 Å². The minimum Gasteiger partial charge on any atom is -0.338 e. The first-order valence-corrected chi connectivity index (χ1v) is 8.93. The van der Waals surface area contributed by atoms with Crippen molar-refractivity contribution in [3.63, 3.8) is 0 Å².